The molecule has 1 aliphatic carbocycles. The smallest absolute Gasteiger partial charge is 0.243 e. The summed E-state index contributed by atoms with van der Waals surface area (Å²) in [5.74, 6) is 1.41. The highest BCUT2D eigenvalue weighted by Crippen LogP contribution is 2.38. The molecule has 7 nitrogen and oxygen atoms in total. The number of sulfonamides is 1. The van der Waals surface area contributed by atoms with Crippen molar-refractivity contribution in [2.75, 3.05) is 44.3 Å². The molecule has 1 aromatic heterocycles. The standard InChI is InChI=1S/C23H31ClN4O3S/c1-26-22(7-9-25-26)18-8-10-28(15-18)32(29,30)20-5-6-23(21(24)13-20)27-11-12-31-16-19(14-27)17-3-2-4-17/h5-7,9,13,17-19H,2-4,8,10-12,14-16H2,1H3. The molecule has 0 amide bonds. The van der Waals surface area contributed by atoms with E-state index in [0.29, 0.717) is 30.6 Å². The molecule has 2 aromatic rings. The van der Waals surface area contributed by atoms with Crippen LogP contribution in [0.2, 0.25) is 5.02 Å². The molecular weight excluding hydrogens is 448 g/mol. The van der Waals surface area contributed by atoms with Gasteiger partial charge in [-0.3, -0.25) is 4.68 Å². The minimum Gasteiger partial charge on any atom is -0.379 e. The van der Waals surface area contributed by atoms with Crippen LogP contribution in [0.1, 0.15) is 37.3 Å². The molecule has 1 aromatic carbocycles. The summed E-state index contributed by atoms with van der Waals surface area (Å²) in [6.07, 6.45) is 6.42. The highest BCUT2D eigenvalue weighted by Gasteiger charge is 2.35. The number of halogens is 1. The average Bonchev–Trinajstić information content (AvgIpc) is 3.31. The van der Waals surface area contributed by atoms with E-state index < -0.39 is 10.0 Å². The van der Waals surface area contributed by atoms with Gasteiger partial charge in [0, 0.05) is 57.0 Å². The Morgan fingerprint density at radius 3 is 2.62 bits per heavy atom. The van der Waals surface area contributed by atoms with Crippen LogP contribution in [-0.2, 0) is 21.8 Å². The van der Waals surface area contributed by atoms with Crippen molar-refractivity contribution in [2.45, 2.75) is 36.5 Å². The molecule has 1 saturated carbocycles. The first-order valence-electron chi connectivity index (χ1n) is 11.5. The van der Waals surface area contributed by atoms with Crippen LogP contribution in [0.15, 0.2) is 35.4 Å². The number of ether oxygens (including phenoxy) is 1. The van der Waals surface area contributed by atoms with Crippen molar-refractivity contribution in [1.82, 2.24) is 14.1 Å². The molecule has 2 atom stereocenters. The molecule has 0 N–H and O–H groups in total. The normalized spacial score (nSPS) is 25.6. The van der Waals surface area contributed by atoms with Gasteiger partial charge in [0.05, 0.1) is 28.8 Å². The number of aromatic nitrogens is 2. The summed E-state index contributed by atoms with van der Waals surface area (Å²) in [6, 6.07) is 7.16. The van der Waals surface area contributed by atoms with Crippen molar-refractivity contribution in [3.8, 4) is 0 Å². The zero-order valence-corrected chi connectivity index (χ0v) is 20.1. The van der Waals surface area contributed by atoms with Crippen molar-refractivity contribution in [3.05, 3.63) is 41.2 Å². The summed E-state index contributed by atoms with van der Waals surface area (Å²) in [5.41, 5.74) is 1.97. The Labute approximate surface area is 195 Å². The Morgan fingerprint density at radius 1 is 1.09 bits per heavy atom. The maximum Gasteiger partial charge on any atom is 0.243 e. The Morgan fingerprint density at radius 2 is 1.94 bits per heavy atom. The largest absolute Gasteiger partial charge is 0.379 e. The van der Waals surface area contributed by atoms with Crippen molar-refractivity contribution >= 4 is 27.3 Å². The van der Waals surface area contributed by atoms with E-state index in [1.165, 1.54) is 19.3 Å². The third-order valence-electron chi connectivity index (χ3n) is 7.43. The topological polar surface area (TPSA) is 67.7 Å². The summed E-state index contributed by atoms with van der Waals surface area (Å²) in [7, 11) is -1.70. The van der Waals surface area contributed by atoms with E-state index in [9.17, 15) is 8.42 Å². The SMILES string of the molecule is Cn1nccc1C1CCN(S(=O)(=O)c2ccc(N3CCOCC(C4CCC4)C3)c(Cl)c2)C1. The Hall–Kier alpha value is -1.61. The van der Waals surface area contributed by atoms with Crippen LogP contribution in [0.3, 0.4) is 0 Å². The van der Waals surface area contributed by atoms with Gasteiger partial charge in [0.15, 0.2) is 0 Å². The van der Waals surface area contributed by atoms with E-state index in [1.54, 1.807) is 22.6 Å². The van der Waals surface area contributed by atoms with Gasteiger partial charge in [-0.25, -0.2) is 8.42 Å². The Balaban J connectivity index is 1.32. The summed E-state index contributed by atoms with van der Waals surface area (Å²) < 4.78 is 35.9. The molecule has 3 heterocycles. The van der Waals surface area contributed by atoms with Gasteiger partial charge >= 0.3 is 0 Å². The van der Waals surface area contributed by atoms with Crippen LogP contribution >= 0.6 is 11.6 Å². The molecule has 2 aliphatic heterocycles. The van der Waals surface area contributed by atoms with Gasteiger partial charge in [-0.2, -0.15) is 9.40 Å². The number of hydrogen-bond donors (Lipinski definition) is 0. The second kappa shape index (κ2) is 8.97. The fourth-order valence-corrected chi connectivity index (χ4v) is 7.17. The highest BCUT2D eigenvalue weighted by molar-refractivity contribution is 7.89. The van der Waals surface area contributed by atoms with Crippen LogP contribution in [-0.4, -0.2) is 61.9 Å². The molecule has 9 heteroatoms. The van der Waals surface area contributed by atoms with Gasteiger partial charge in [0.25, 0.3) is 0 Å². The van der Waals surface area contributed by atoms with Crippen LogP contribution in [0.25, 0.3) is 0 Å². The van der Waals surface area contributed by atoms with E-state index in [2.05, 4.69) is 10.00 Å². The minimum absolute atomic E-state index is 0.160. The summed E-state index contributed by atoms with van der Waals surface area (Å²) in [6.45, 7) is 4.13. The number of rotatable bonds is 5. The monoisotopic (exact) mass is 478 g/mol. The average molecular weight is 479 g/mol. The van der Waals surface area contributed by atoms with Crippen molar-refractivity contribution < 1.29 is 13.2 Å². The summed E-state index contributed by atoms with van der Waals surface area (Å²) >= 11 is 6.66. The number of nitrogens with zero attached hydrogens (tertiary/aromatic N) is 4. The number of aryl methyl sites for hydroxylation is 1. The molecule has 174 valence electrons. The van der Waals surface area contributed by atoms with Crippen LogP contribution < -0.4 is 4.90 Å². The van der Waals surface area contributed by atoms with Gasteiger partial charge in [0.1, 0.15) is 0 Å². The van der Waals surface area contributed by atoms with Crippen molar-refractivity contribution in [2.24, 2.45) is 18.9 Å². The molecule has 32 heavy (non-hydrogen) atoms. The molecule has 2 saturated heterocycles. The minimum atomic E-state index is -3.60. The Kier molecular flexibility index (Phi) is 6.22. The molecule has 0 radical (unpaired) electrons. The third-order valence-corrected chi connectivity index (χ3v) is 9.60. The lowest BCUT2D eigenvalue weighted by Crippen LogP contribution is -2.35. The fraction of sp³-hybridized carbons (Fsp3) is 0.609. The number of hydrogen-bond acceptors (Lipinski definition) is 5. The van der Waals surface area contributed by atoms with E-state index in [1.807, 2.05) is 23.9 Å². The van der Waals surface area contributed by atoms with Crippen LogP contribution in [0.5, 0.6) is 0 Å². The molecule has 0 spiro atoms. The lowest BCUT2D eigenvalue weighted by Gasteiger charge is -2.35. The predicted octanol–water partition coefficient (Wildman–Crippen LogP) is 3.50. The van der Waals surface area contributed by atoms with E-state index in [4.69, 9.17) is 16.3 Å². The molecule has 2 unspecified atom stereocenters. The zero-order valence-electron chi connectivity index (χ0n) is 18.5. The predicted molar refractivity (Wildman–Crippen MR) is 125 cm³/mol. The zero-order chi connectivity index (χ0) is 22.3. The van der Waals surface area contributed by atoms with Crippen LogP contribution in [0.4, 0.5) is 5.69 Å². The Bertz CT molecular complexity index is 1070. The number of anilines is 1. The van der Waals surface area contributed by atoms with E-state index in [0.717, 1.165) is 43.4 Å². The molecule has 3 aliphatic rings. The highest BCUT2D eigenvalue weighted by atomic mass is 35.5. The summed E-state index contributed by atoms with van der Waals surface area (Å²) in [4.78, 5) is 2.53. The van der Waals surface area contributed by atoms with Gasteiger partial charge in [-0.1, -0.05) is 30.9 Å². The molecular formula is C23H31ClN4O3S. The maximum atomic E-state index is 13.3. The molecule has 0 bridgehead atoms. The fourth-order valence-electron chi connectivity index (χ4n) is 5.28. The number of benzene rings is 1. The van der Waals surface area contributed by atoms with Gasteiger partial charge in [0.2, 0.25) is 10.0 Å². The van der Waals surface area contributed by atoms with Gasteiger partial charge in [-0.15, -0.1) is 0 Å². The van der Waals surface area contributed by atoms with Crippen LogP contribution in [0, 0.1) is 11.8 Å². The van der Waals surface area contributed by atoms with Gasteiger partial charge < -0.3 is 9.64 Å². The first kappa shape index (κ1) is 22.2. The second-order valence-electron chi connectivity index (χ2n) is 9.31. The third kappa shape index (κ3) is 4.18. The molecule has 5 rings (SSSR count). The van der Waals surface area contributed by atoms with E-state index in [-0.39, 0.29) is 10.8 Å². The van der Waals surface area contributed by atoms with Gasteiger partial charge in [-0.05, 0) is 36.6 Å². The molecule has 3 fully saturated rings. The quantitative estimate of drug-likeness (QED) is 0.657. The summed E-state index contributed by atoms with van der Waals surface area (Å²) in [5, 5.41) is 4.71. The lowest BCUT2D eigenvalue weighted by atomic mass is 9.76. The van der Waals surface area contributed by atoms with Crippen molar-refractivity contribution in [3.63, 3.8) is 0 Å². The second-order valence-corrected chi connectivity index (χ2v) is 11.7. The van der Waals surface area contributed by atoms with E-state index >= 15 is 0 Å². The lowest BCUT2D eigenvalue weighted by molar-refractivity contribution is 0.0784. The first-order valence-corrected chi connectivity index (χ1v) is 13.4. The first-order chi connectivity index (χ1) is 15.4. The van der Waals surface area contributed by atoms with Crippen molar-refractivity contribution in [1.29, 1.82) is 0 Å². The maximum absolute atomic E-state index is 13.3.